The topological polar surface area (TPSA) is 48.3 Å². The highest BCUT2D eigenvalue weighted by Gasteiger charge is 2.11. The number of nitrogens with one attached hydrogen (secondary N) is 1. The van der Waals surface area contributed by atoms with Gasteiger partial charge in [0.05, 0.1) is 5.69 Å². The van der Waals surface area contributed by atoms with Gasteiger partial charge in [0.15, 0.2) is 0 Å². The van der Waals surface area contributed by atoms with Crippen molar-refractivity contribution >= 4 is 11.6 Å². The van der Waals surface area contributed by atoms with Crippen molar-refractivity contribution in [1.82, 2.24) is 15.1 Å². The van der Waals surface area contributed by atoms with Crippen molar-refractivity contribution in [2.24, 2.45) is 0 Å². The number of ether oxygens (including phenoxy) is 2. The lowest BCUT2D eigenvalue weighted by Crippen LogP contribution is -2.08. The smallest absolute Gasteiger partial charge is 0.212 e. The van der Waals surface area contributed by atoms with Crippen LogP contribution in [0.3, 0.4) is 0 Å². The van der Waals surface area contributed by atoms with Gasteiger partial charge in [-0.25, -0.2) is 9.07 Å². The number of rotatable bonds is 14. The molecule has 0 saturated heterocycles. The van der Waals surface area contributed by atoms with E-state index in [2.05, 4.69) is 10.4 Å². The maximum absolute atomic E-state index is 13.9. The highest BCUT2D eigenvalue weighted by Crippen LogP contribution is 2.20. The molecular formula is C21H31ClFN3O2. The number of unbranched alkanes of at least 4 members (excludes halogenated alkanes) is 5. The Balaban J connectivity index is 1.86. The van der Waals surface area contributed by atoms with Crippen LogP contribution >= 0.6 is 11.6 Å². The Labute approximate surface area is 172 Å². The summed E-state index contributed by atoms with van der Waals surface area (Å²) in [5, 5.41) is 8.20. The molecular weight excluding hydrogens is 381 g/mol. The molecule has 0 saturated carbocycles. The number of aryl methyl sites for hydroxylation is 1. The summed E-state index contributed by atoms with van der Waals surface area (Å²) in [6, 6.07) is 6.39. The largest absolute Gasteiger partial charge is 0.473 e. The van der Waals surface area contributed by atoms with Gasteiger partial charge in [-0.1, -0.05) is 37.3 Å². The van der Waals surface area contributed by atoms with E-state index in [9.17, 15) is 4.39 Å². The van der Waals surface area contributed by atoms with Crippen molar-refractivity contribution in [1.29, 1.82) is 0 Å². The van der Waals surface area contributed by atoms with Gasteiger partial charge >= 0.3 is 0 Å². The first-order valence-electron chi connectivity index (χ1n) is 9.91. The van der Waals surface area contributed by atoms with Gasteiger partial charge in [-0.15, -0.1) is 0 Å². The van der Waals surface area contributed by atoms with Gasteiger partial charge in [0.2, 0.25) is 5.88 Å². The molecule has 0 fully saturated rings. The third kappa shape index (κ3) is 7.78. The molecule has 0 spiro atoms. The highest BCUT2D eigenvalue weighted by molar-refractivity contribution is 6.30. The van der Waals surface area contributed by atoms with Gasteiger partial charge in [0.1, 0.15) is 12.4 Å². The van der Waals surface area contributed by atoms with Crippen molar-refractivity contribution in [3.63, 3.8) is 0 Å². The second kappa shape index (κ2) is 12.8. The first-order chi connectivity index (χ1) is 13.6. The zero-order valence-corrected chi connectivity index (χ0v) is 17.6. The summed E-state index contributed by atoms with van der Waals surface area (Å²) in [6.07, 6.45) is 6.95. The summed E-state index contributed by atoms with van der Waals surface area (Å²) in [7, 11) is 3.62. The summed E-state index contributed by atoms with van der Waals surface area (Å²) >= 11 is 5.96. The van der Waals surface area contributed by atoms with Crippen LogP contribution in [0, 0.1) is 5.82 Å². The number of hydrogen-bond acceptors (Lipinski definition) is 4. The summed E-state index contributed by atoms with van der Waals surface area (Å²) in [6.45, 7) is 2.41. The van der Waals surface area contributed by atoms with Crippen LogP contribution in [-0.4, -0.2) is 30.5 Å². The van der Waals surface area contributed by atoms with E-state index in [1.165, 1.54) is 31.4 Å². The van der Waals surface area contributed by atoms with Crippen LogP contribution < -0.4 is 10.1 Å². The maximum atomic E-state index is 13.9. The molecule has 0 radical (unpaired) electrons. The normalized spacial score (nSPS) is 11.1. The summed E-state index contributed by atoms with van der Waals surface area (Å²) in [5.41, 5.74) is 1.34. The van der Waals surface area contributed by atoms with E-state index in [1.807, 2.05) is 17.8 Å². The van der Waals surface area contributed by atoms with Gasteiger partial charge < -0.3 is 14.8 Å². The zero-order valence-electron chi connectivity index (χ0n) is 16.8. The van der Waals surface area contributed by atoms with E-state index in [-0.39, 0.29) is 12.4 Å². The third-order valence-corrected chi connectivity index (χ3v) is 4.74. The Morgan fingerprint density at radius 3 is 2.61 bits per heavy atom. The number of methoxy groups -OCH3 is 1. The van der Waals surface area contributed by atoms with Gasteiger partial charge in [-0.3, -0.25) is 0 Å². The van der Waals surface area contributed by atoms with E-state index in [4.69, 9.17) is 21.1 Å². The molecule has 0 bridgehead atoms. The van der Waals surface area contributed by atoms with Gasteiger partial charge in [-0.2, -0.15) is 5.10 Å². The number of halogens is 2. The van der Waals surface area contributed by atoms with Gasteiger partial charge in [-0.05, 0) is 38.1 Å². The van der Waals surface area contributed by atoms with Crippen LogP contribution in [0.2, 0.25) is 5.02 Å². The molecule has 7 heteroatoms. The van der Waals surface area contributed by atoms with Crippen LogP contribution in [0.1, 0.15) is 49.8 Å². The van der Waals surface area contributed by atoms with Crippen molar-refractivity contribution < 1.29 is 13.9 Å². The van der Waals surface area contributed by atoms with Gasteiger partial charge in [0, 0.05) is 43.5 Å². The average Bonchev–Trinajstić information content (AvgIpc) is 3.06. The average molecular weight is 412 g/mol. The van der Waals surface area contributed by atoms with Crippen molar-refractivity contribution in [2.45, 2.75) is 58.2 Å². The molecule has 28 heavy (non-hydrogen) atoms. The highest BCUT2D eigenvalue weighted by atomic mass is 35.5. The molecule has 5 nitrogen and oxygen atoms in total. The fourth-order valence-corrected chi connectivity index (χ4v) is 3.21. The van der Waals surface area contributed by atoms with Gasteiger partial charge in [0.25, 0.3) is 0 Å². The maximum Gasteiger partial charge on any atom is 0.212 e. The number of aromatic nitrogens is 2. The molecule has 0 aliphatic heterocycles. The molecule has 2 aromatic rings. The lowest BCUT2D eigenvalue weighted by atomic mass is 10.1. The fraction of sp³-hybridized carbons (Fsp3) is 0.571. The van der Waals surface area contributed by atoms with E-state index >= 15 is 0 Å². The zero-order chi connectivity index (χ0) is 20.2. The number of hydrogen-bond donors (Lipinski definition) is 1. The first-order valence-corrected chi connectivity index (χ1v) is 10.3. The minimum atomic E-state index is -0.320. The Morgan fingerprint density at radius 1 is 1.11 bits per heavy atom. The number of benzene rings is 1. The molecule has 0 unspecified atom stereocenters. The van der Waals surface area contributed by atoms with E-state index in [0.29, 0.717) is 23.0 Å². The monoisotopic (exact) mass is 411 g/mol. The van der Waals surface area contributed by atoms with E-state index < -0.39 is 0 Å². The van der Waals surface area contributed by atoms with E-state index in [1.54, 1.807) is 13.2 Å². The molecule has 1 heterocycles. The Kier molecular flexibility index (Phi) is 10.3. The van der Waals surface area contributed by atoms with Crippen LogP contribution in [0.5, 0.6) is 5.88 Å². The molecule has 0 aliphatic carbocycles. The van der Waals surface area contributed by atoms with Crippen LogP contribution in [0.15, 0.2) is 24.3 Å². The molecule has 0 amide bonds. The SMILES string of the molecule is CNCc1cc(OCc2cc(Cl)ccc2F)n(CCCCCCCCOC)n1. The molecule has 0 aliphatic rings. The lowest BCUT2D eigenvalue weighted by molar-refractivity contribution is 0.192. The Bertz CT molecular complexity index is 709. The number of nitrogens with zero attached hydrogens (tertiary/aromatic N) is 2. The standard InChI is InChI=1S/C21H31ClFN3O2/c1-24-15-19-14-21(28-16-17-13-18(22)9-10-20(17)23)26(25-19)11-7-5-3-4-6-8-12-27-2/h9-10,13-14,24H,3-8,11-12,15-16H2,1-2H3. The molecule has 1 aromatic heterocycles. The molecule has 2 rings (SSSR count). The summed E-state index contributed by atoms with van der Waals surface area (Å²) < 4.78 is 26.7. The second-order valence-corrected chi connectivity index (χ2v) is 7.30. The van der Waals surface area contributed by atoms with Crippen molar-refractivity contribution in [3.05, 3.63) is 46.4 Å². The minimum absolute atomic E-state index is 0.122. The van der Waals surface area contributed by atoms with E-state index in [0.717, 1.165) is 38.1 Å². The summed E-state index contributed by atoms with van der Waals surface area (Å²) in [4.78, 5) is 0. The second-order valence-electron chi connectivity index (χ2n) is 6.87. The molecule has 0 atom stereocenters. The molecule has 1 N–H and O–H groups in total. The van der Waals surface area contributed by atoms with Crippen molar-refractivity contribution in [2.75, 3.05) is 20.8 Å². The quantitative estimate of drug-likeness (QED) is 0.446. The Morgan fingerprint density at radius 2 is 1.86 bits per heavy atom. The Hall–Kier alpha value is -1.63. The van der Waals surface area contributed by atoms with Crippen molar-refractivity contribution in [3.8, 4) is 5.88 Å². The third-order valence-electron chi connectivity index (χ3n) is 4.50. The van der Waals surface area contributed by atoms with Crippen LogP contribution in [-0.2, 0) is 24.4 Å². The summed E-state index contributed by atoms with van der Waals surface area (Å²) in [5.74, 6) is 0.337. The predicted octanol–water partition coefficient (Wildman–Crippen LogP) is 4.96. The lowest BCUT2D eigenvalue weighted by Gasteiger charge is -2.10. The molecule has 1 aromatic carbocycles. The van der Waals surface area contributed by atoms with Crippen LogP contribution in [0.25, 0.3) is 0 Å². The fourth-order valence-electron chi connectivity index (χ4n) is 3.01. The first kappa shape index (κ1) is 22.7. The van der Waals surface area contributed by atoms with Crippen LogP contribution in [0.4, 0.5) is 4.39 Å². The molecule has 156 valence electrons. The predicted molar refractivity (Wildman–Crippen MR) is 110 cm³/mol. The minimum Gasteiger partial charge on any atom is -0.473 e.